The Kier molecular flexibility index (Phi) is 6.30. The monoisotopic (exact) mass is 366 g/mol. The maximum atomic E-state index is 12.2. The van der Waals surface area contributed by atoms with Crippen LogP contribution in [0.25, 0.3) is 0 Å². The summed E-state index contributed by atoms with van der Waals surface area (Å²) in [6.45, 7) is 1.16. The van der Waals surface area contributed by atoms with Crippen LogP contribution in [0.5, 0.6) is 11.5 Å². The first-order chi connectivity index (χ1) is 13.2. The fourth-order valence-electron chi connectivity index (χ4n) is 3.63. The van der Waals surface area contributed by atoms with Crippen molar-refractivity contribution in [1.82, 2.24) is 0 Å². The topological polar surface area (TPSA) is 44.8 Å². The quantitative estimate of drug-likeness (QED) is 0.647. The fourth-order valence-corrected chi connectivity index (χ4v) is 3.63. The van der Waals surface area contributed by atoms with Crippen molar-refractivity contribution < 1.29 is 19.0 Å². The molecular weight excluding hydrogens is 340 g/mol. The zero-order chi connectivity index (χ0) is 19.1. The molecule has 0 heterocycles. The van der Waals surface area contributed by atoms with Crippen molar-refractivity contribution in [1.29, 1.82) is 0 Å². The van der Waals surface area contributed by atoms with Gasteiger partial charge in [0.1, 0.15) is 0 Å². The molecule has 0 spiro atoms. The number of rotatable bonds is 8. The summed E-state index contributed by atoms with van der Waals surface area (Å²) in [4.78, 5) is 12.2. The minimum Gasteiger partial charge on any atom is -0.493 e. The van der Waals surface area contributed by atoms with Gasteiger partial charge in [0.2, 0.25) is 0 Å². The molecule has 0 N–H and O–H groups in total. The Morgan fingerprint density at radius 2 is 1.78 bits per heavy atom. The van der Waals surface area contributed by atoms with Gasteiger partial charge in [-0.2, -0.15) is 0 Å². The van der Waals surface area contributed by atoms with Crippen LogP contribution in [0, 0.1) is 0 Å². The van der Waals surface area contributed by atoms with Crippen LogP contribution in [0.3, 0.4) is 0 Å². The predicted octanol–water partition coefficient (Wildman–Crippen LogP) is 4.47. The number of carbonyl (C=O) groups excluding carboxylic acids is 1. The lowest BCUT2D eigenvalue weighted by molar-refractivity contribution is -0.116. The summed E-state index contributed by atoms with van der Waals surface area (Å²) < 4.78 is 16.7. The van der Waals surface area contributed by atoms with Crippen molar-refractivity contribution in [2.24, 2.45) is 0 Å². The van der Waals surface area contributed by atoms with Gasteiger partial charge in [-0.05, 0) is 42.2 Å². The SMILES string of the molecule is COc1ccc([C@@]2(CCOCc3ccccc3)CC=CC(=O)C2)cc1OC. The summed E-state index contributed by atoms with van der Waals surface area (Å²) in [7, 11) is 3.25. The van der Waals surface area contributed by atoms with Crippen molar-refractivity contribution >= 4 is 5.78 Å². The van der Waals surface area contributed by atoms with E-state index in [0.29, 0.717) is 31.1 Å². The Bertz CT molecular complexity index is 797. The van der Waals surface area contributed by atoms with Gasteiger partial charge in [-0.3, -0.25) is 4.79 Å². The molecule has 0 aromatic heterocycles. The highest BCUT2D eigenvalue weighted by molar-refractivity contribution is 5.91. The Balaban J connectivity index is 1.76. The molecule has 27 heavy (non-hydrogen) atoms. The Morgan fingerprint density at radius 1 is 1.00 bits per heavy atom. The molecule has 1 atom stereocenters. The van der Waals surface area contributed by atoms with Gasteiger partial charge in [0, 0.05) is 18.4 Å². The van der Waals surface area contributed by atoms with Crippen molar-refractivity contribution in [2.75, 3.05) is 20.8 Å². The van der Waals surface area contributed by atoms with Gasteiger partial charge in [-0.25, -0.2) is 0 Å². The van der Waals surface area contributed by atoms with E-state index in [1.807, 2.05) is 42.5 Å². The second-order valence-electron chi connectivity index (χ2n) is 6.89. The third kappa shape index (κ3) is 4.58. The number of ketones is 1. The van der Waals surface area contributed by atoms with E-state index < -0.39 is 0 Å². The molecule has 3 rings (SSSR count). The van der Waals surface area contributed by atoms with Crippen LogP contribution in [-0.4, -0.2) is 26.6 Å². The van der Waals surface area contributed by atoms with Gasteiger partial charge < -0.3 is 14.2 Å². The van der Waals surface area contributed by atoms with E-state index >= 15 is 0 Å². The molecule has 0 saturated carbocycles. The van der Waals surface area contributed by atoms with E-state index in [4.69, 9.17) is 14.2 Å². The molecule has 0 unspecified atom stereocenters. The summed E-state index contributed by atoms with van der Waals surface area (Å²) in [5.74, 6) is 1.52. The van der Waals surface area contributed by atoms with Gasteiger partial charge >= 0.3 is 0 Å². The largest absolute Gasteiger partial charge is 0.493 e. The van der Waals surface area contributed by atoms with Crippen LogP contribution < -0.4 is 9.47 Å². The van der Waals surface area contributed by atoms with Gasteiger partial charge in [-0.15, -0.1) is 0 Å². The van der Waals surface area contributed by atoms with Crippen LogP contribution >= 0.6 is 0 Å². The summed E-state index contributed by atoms with van der Waals surface area (Å²) in [5.41, 5.74) is 1.96. The van der Waals surface area contributed by atoms with E-state index in [2.05, 4.69) is 12.1 Å². The molecule has 0 aliphatic heterocycles. The highest BCUT2D eigenvalue weighted by Crippen LogP contribution is 2.42. The molecule has 0 fully saturated rings. The second-order valence-corrected chi connectivity index (χ2v) is 6.89. The molecule has 4 heteroatoms. The molecule has 0 amide bonds. The predicted molar refractivity (Wildman–Crippen MR) is 105 cm³/mol. The van der Waals surface area contributed by atoms with Gasteiger partial charge in [0.25, 0.3) is 0 Å². The molecule has 142 valence electrons. The normalized spacial score (nSPS) is 19.1. The smallest absolute Gasteiger partial charge is 0.161 e. The molecule has 1 aliphatic rings. The van der Waals surface area contributed by atoms with Gasteiger partial charge in [0.15, 0.2) is 17.3 Å². The Hall–Kier alpha value is -2.59. The highest BCUT2D eigenvalue weighted by Gasteiger charge is 2.35. The molecule has 0 radical (unpaired) electrons. The number of ether oxygens (including phenoxy) is 3. The standard InChI is InChI=1S/C23H26O4/c1-25-21-11-10-19(15-22(21)26-2)23(12-6-9-20(24)16-23)13-14-27-17-18-7-4-3-5-8-18/h3-11,15H,12-14,16-17H2,1-2H3/t23-/m1/s1. The maximum Gasteiger partial charge on any atom is 0.161 e. The molecule has 0 bridgehead atoms. The summed E-state index contributed by atoms with van der Waals surface area (Å²) in [6.07, 6.45) is 5.71. The molecular formula is C23H26O4. The van der Waals surface area contributed by atoms with E-state index in [-0.39, 0.29) is 11.2 Å². The maximum absolute atomic E-state index is 12.2. The minimum absolute atomic E-state index is 0.152. The van der Waals surface area contributed by atoms with Gasteiger partial charge in [-0.1, -0.05) is 42.5 Å². The lowest BCUT2D eigenvalue weighted by atomic mass is 9.69. The number of hydrogen-bond donors (Lipinski definition) is 0. The fraction of sp³-hybridized carbons (Fsp3) is 0.348. The zero-order valence-corrected chi connectivity index (χ0v) is 15.9. The van der Waals surface area contributed by atoms with Gasteiger partial charge in [0.05, 0.1) is 20.8 Å². The molecule has 1 aliphatic carbocycles. The van der Waals surface area contributed by atoms with Crippen molar-refractivity contribution in [3.63, 3.8) is 0 Å². The van der Waals surface area contributed by atoms with Crippen LogP contribution in [-0.2, 0) is 21.6 Å². The van der Waals surface area contributed by atoms with E-state index in [9.17, 15) is 4.79 Å². The first-order valence-corrected chi connectivity index (χ1v) is 9.20. The zero-order valence-electron chi connectivity index (χ0n) is 15.9. The molecule has 4 nitrogen and oxygen atoms in total. The average molecular weight is 366 g/mol. The number of carbonyl (C=O) groups is 1. The van der Waals surface area contributed by atoms with Crippen LogP contribution in [0.15, 0.2) is 60.7 Å². The summed E-state index contributed by atoms with van der Waals surface area (Å²) in [5, 5.41) is 0. The highest BCUT2D eigenvalue weighted by atomic mass is 16.5. The molecule has 2 aromatic carbocycles. The Labute approximate surface area is 160 Å². The lowest BCUT2D eigenvalue weighted by Gasteiger charge is -2.35. The van der Waals surface area contributed by atoms with Crippen LogP contribution in [0.2, 0.25) is 0 Å². The summed E-state index contributed by atoms with van der Waals surface area (Å²) in [6, 6.07) is 16.0. The number of methoxy groups -OCH3 is 2. The van der Waals surface area contributed by atoms with Crippen LogP contribution in [0.1, 0.15) is 30.4 Å². The number of hydrogen-bond acceptors (Lipinski definition) is 4. The third-order valence-corrected chi connectivity index (χ3v) is 5.16. The average Bonchev–Trinajstić information content (AvgIpc) is 2.71. The van der Waals surface area contributed by atoms with Crippen molar-refractivity contribution in [3.05, 3.63) is 71.8 Å². The number of allylic oxidation sites excluding steroid dienone is 2. The minimum atomic E-state index is -0.276. The first-order valence-electron chi connectivity index (χ1n) is 9.20. The Morgan fingerprint density at radius 3 is 2.48 bits per heavy atom. The molecule has 2 aromatic rings. The second kappa shape index (κ2) is 8.87. The third-order valence-electron chi connectivity index (χ3n) is 5.16. The van der Waals surface area contributed by atoms with Crippen molar-refractivity contribution in [3.8, 4) is 11.5 Å². The molecule has 0 saturated heterocycles. The first kappa shape index (κ1) is 19.2. The van der Waals surface area contributed by atoms with Crippen molar-refractivity contribution in [2.45, 2.75) is 31.3 Å². The van der Waals surface area contributed by atoms with E-state index in [1.54, 1.807) is 20.3 Å². The van der Waals surface area contributed by atoms with Crippen LogP contribution in [0.4, 0.5) is 0 Å². The lowest BCUT2D eigenvalue weighted by Crippen LogP contribution is -2.32. The summed E-state index contributed by atoms with van der Waals surface area (Å²) >= 11 is 0. The van der Waals surface area contributed by atoms with E-state index in [1.165, 1.54) is 0 Å². The number of benzene rings is 2. The van der Waals surface area contributed by atoms with E-state index in [0.717, 1.165) is 24.0 Å².